The zero-order chi connectivity index (χ0) is 20.9. The molecule has 3 heterocycles. The van der Waals surface area contributed by atoms with Gasteiger partial charge in [-0.3, -0.25) is 9.59 Å². The van der Waals surface area contributed by atoms with Gasteiger partial charge in [-0.25, -0.2) is 9.97 Å². The van der Waals surface area contributed by atoms with Gasteiger partial charge in [0.15, 0.2) is 0 Å². The number of benzene rings is 1. The minimum absolute atomic E-state index is 0.00482. The van der Waals surface area contributed by atoms with Crippen molar-refractivity contribution in [3.8, 4) is 5.75 Å². The van der Waals surface area contributed by atoms with E-state index in [-0.39, 0.29) is 11.8 Å². The summed E-state index contributed by atoms with van der Waals surface area (Å²) in [6.45, 7) is 5.22. The van der Waals surface area contributed by atoms with E-state index in [9.17, 15) is 9.59 Å². The number of rotatable bonds is 5. The highest BCUT2D eigenvalue weighted by molar-refractivity contribution is 5.93. The molecule has 2 amide bonds. The van der Waals surface area contributed by atoms with Gasteiger partial charge in [0.05, 0.1) is 12.2 Å². The molecule has 0 aliphatic carbocycles. The molecule has 158 valence electrons. The zero-order valence-electron chi connectivity index (χ0n) is 17.3. The third-order valence-electron chi connectivity index (χ3n) is 6.38. The average Bonchev–Trinajstić information content (AvgIpc) is 3.23. The maximum atomic E-state index is 12.7. The molecule has 0 N–H and O–H groups in total. The van der Waals surface area contributed by atoms with E-state index in [0.29, 0.717) is 29.9 Å². The molecule has 30 heavy (non-hydrogen) atoms. The number of carbonyl (C=O) groups excluding carboxylic acids is 2. The number of para-hydroxylation sites is 1. The smallest absolute Gasteiger partial charge is 0.256 e. The van der Waals surface area contributed by atoms with E-state index in [1.807, 2.05) is 40.1 Å². The molecule has 2 atom stereocenters. The number of ether oxygens (including phenoxy) is 1. The highest BCUT2D eigenvalue weighted by Crippen LogP contribution is 2.36. The van der Waals surface area contributed by atoms with Crippen molar-refractivity contribution in [1.82, 2.24) is 19.8 Å². The fourth-order valence-electron chi connectivity index (χ4n) is 4.71. The van der Waals surface area contributed by atoms with Gasteiger partial charge in [-0.05, 0) is 36.8 Å². The van der Waals surface area contributed by atoms with Crippen LogP contribution < -0.4 is 4.74 Å². The van der Waals surface area contributed by atoms with Crippen LogP contribution in [0.25, 0.3) is 0 Å². The van der Waals surface area contributed by atoms with E-state index in [1.54, 1.807) is 19.3 Å². The van der Waals surface area contributed by atoms with Crippen LogP contribution in [0.2, 0.25) is 0 Å². The molecule has 0 spiro atoms. The van der Waals surface area contributed by atoms with Crippen molar-refractivity contribution in [2.45, 2.75) is 19.8 Å². The Balaban J connectivity index is 1.37. The van der Waals surface area contributed by atoms with Crippen molar-refractivity contribution in [3.63, 3.8) is 0 Å². The summed E-state index contributed by atoms with van der Waals surface area (Å²) in [5.41, 5.74) is 0.536. The van der Waals surface area contributed by atoms with Crippen LogP contribution in [0.1, 0.15) is 30.1 Å². The second-order valence-corrected chi connectivity index (χ2v) is 8.23. The minimum Gasteiger partial charge on any atom is -0.493 e. The van der Waals surface area contributed by atoms with Gasteiger partial charge in [-0.1, -0.05) is 18.2 Å². The number of likely N-dealkylation sites (tertiary alicyclic amines) is 2. The van der Waals surface area contributed by atoms with Crippen molar-refractivity contribution < 1.29 is 14.3 Å². The lowest BCUT2D eigenvalue weighted by Gasteiger charge is -2.36. The summed E-state index contributed by atoms with van der Waals surface area (Å²) in [4.78, 5) is 36.4. The fraction of sp³-hybridized carbons (Fsp3) is 0.478. The zero-order valence-corrected chi connectivity index (χ0v) is 17.3. The third kappa shape index (κ3) is 4.61. The number of amides is 2. The van der Waals surface area contributed by atoms with E-state index in [1.165, 1.54) is 6.33 Å². The topological polar surface area (TPSA) is 75.6 Å². The molecule has 4 rings (SSSR count). The van der Waals surface area contributed by atoms with E-state index >= 15 is 0 Å². The minimum atomic E-state index is -0.00482. The first-order chi connectivity index (χ1) is 14.6. The predicted molar refractivity (Wildman–Crippen MR) is 112 cm³/mol. The number of aromatic nitrogens is 2. The van der Waals surface area contributed by atoms with Crippen molar-refractivity contribution in [1.29, 1.82) is 0 Å². The van der Waals surface area contributed by atoms with Crippen LogP contribution in [-0.4, -0.2) is 64.4 Å². The highest BCUT2D eigenvalue weighted by atomic mass is 16.5. The summed E-state index contributed by atoms with van der Waals surface area (Å²) < 4.78 is 6.04. The van der Waals surface area contributed by atoms with Crippen LogP contribution in [0.15, 0.2) is 49.1 Å². The second-order valence-electron chi connectivity index (χ2n) is 8.23. The summed E-state index contributed by atoms with van der Waals surface area (Å²) in [6.07, 6.45) is 6.46. The summed E-state index contributed by atoms with van der Waals surface area (Å²) >= 11 is 0. The van der Waals surface area contributed by atoms with E-state index < -0.39 is 0 Å². The molecule has 0 radical (unpaired) electrons. The monoisotopic (exact) mass is 408 g/mol. The number of hydrogen-bond acceptors (Lipinski definition) is 5. The normalized spacial score (nSPS) is 22.2. The lowest BCUT2D eigenvalue weighted by atomic mass is 9.78. The molecule has 0 unspecified atom stereocenters. The number of nitrogens with zero attached hydrogens (tertiary/aromatic N) is 4. The maximum Gasteiger partial charge on any atom is 0.256 e. The van der Waals surface area contributed by atoms with Crippen molar-refractivity contribution in [3.05, 3.63) is 54.6 Å². The van der Waals surface area contributed by atoms with Gasteiger partial charge in [0.1, 0.15) is 12.1 Å². The van der Waals surface area contributed by atoms with Crippen LogP contribution in [0.4, 0.5) is 0 Å². The Morgan fingerprint density at radius 3 is 2.40 bits per heavy atom. The molecular weight excluding hydrogens is 380 g/mol. The molecule has 1 aromatic heterocycles. The molecule has 2 saturated heterocycles. The van der Waals surface area contributed by atoms with Crippen LogP contribution >= 0.6 is 0 Å². The van der Waals surface area contributed by atoms with Crippen LogP contribution in [-0.2, 0) is 4.79 Å². The molecule has 2 fully saturated rings. The molecule has 7 heteroatoms. The maximum absolute atomic E-state index is 12.7. The third-order valence-corrected chi connectivity index (χ3v) is 6.38. The van der Waals surface area contributed by atoms with Gasteiger partial charge in [0, 0.05) is 51.4 Å². The fourth-order valence-corrected chi connectivity index (χ4v) is 4.71. The average molecular weight is 409 g/mol. The molecule has 2 aliphatic heterocycles. The van der Waals surface area contributed by atoms with E-state index in [0.717, 1.165) is 44.8 Å². The van der Waals surface area contributed by atoms with Crippen LogP contribution in [0.5, 0.6) is 5.75 Å². The van der Waals surface area contributed by atoms with E-state index in [4.69, 9.17) is 4.74 Å². The SMILES string of the molecule is CC(=O)N1C[C@@H](COc2ccccc2)[C@H](C2CCN(C(=O)c3cncnc3)CC2)C1. The predicted octanol–water partition coefficient (Wildman–Crippen LogP) is 2.50. The van der Waals surface area contributed by atoms with Crippen molar-refractivity contribution >= 4 is 11.8 Å². The number of hydrogen-bond donors (Lipinski definition) is 0. The van der Waals surface area contributed by atoms with Gasteiger partial charge in [-0.15, -0.1) is 0 Å². The first kappa shape index (κ1) is 20.3. The largest absolute Gasteiger partial charge is 0.493 e. The molecule has 7 nitrogen and oxygen atoms in total. The van der Waals surface area contributed by atoms with Gasteiger partial charge in [0.2, 0.25) is 5.91 Å². The Morgan fingerprint density at radius 1 is 1.03 bits per heavy atom. The Kier molecular flexibility index (Phi) is 6.26. The molecule has 1 aromatic carbocycles. The molecule has 0 bridgehead atoms. The Labute approximate surface area is 177 Å². The summed E-state index contributed by atoms with van der Waals surface area (Å²) in [6, 6.07) is 9.83. The number of piperidine rings is 1. The van der Waals surface area contributed by atoms with E-state index in [2.05, 4.69) is 9.97 Å². The van der Waals surface area contributed by atoms with Crippen molar-refractivity contribution in [2.75, 3.05) is 32.8 Å². The number of carbonyl (C=O) groups is 2. The van der Waals surface area contributed by atoms with Crippen LogP contribution in [0, 0.1) is 17.8 Å². The first-order valence-corrected chi connectivity index (χ1v) is 10.6. The van der Waals surface area contributed by atoms with Gasteiger partial charge in [-0.2, -0.15) is 0 Å². The Hall–Kier alpha value is -2.96. The Bertz CT molecular complexity index is 853. The summed E-state index contributed by atoms with van der Waals surface area (Å²) in [5.74, 6) is 2.17. The molecular formula is C23H28N4O3. The summed E-state index contributed by atoms with van der Waals surface area (Å²) in [7, 11) is 0. The molecule has 0 saturated carbocycles. The summed E-state index contributed by atoms with van der Waals surface area (Å²) in [5, 5.41) is 0. The van der Waals surface area contributed by atoms with Crippen LogP contribution in [0.3, 0.4) is 0 Å². The standard InChI is InChI=1S/C23H28N4O3/c1-17(28)27-13-20(15-30-21-5-3-2-4-6-21)22(14-27)18-7-9-26(10-8-18)23(29)19-11-24-16-25-12-19/h2-6,11-12,16,18,20,22H,7-10,13-15H2,1H3/t20-,22-/m0/s1. The molecule has 2 aliphatic rings. The highest BCUT2D eigenvalue weighted by Gasteiger charge is 2.40. The lowest BCUT2D eigenvalue weighted by Crippen LogP contribution is -2.41. The van der Waals surface area contributed by atoms with Crippen molar-refractivity contribution in [2.24, 2.45) is 17.8 Å². The van der Waals surface area contributed by atoms with Gasteiger partial charge in [0.25, 0.3) is 5.91 Å². The van der Waals surface area contributed by atoms with Gasteiger partial charge < -0.3 is 14.5 Å². The lowest BCUT2D eigenvalue weighted by molar-refractivity contribution is -0.128. The Morgan fingerprint density at radius 2 is 1.73 bits per heavy atom. The first-order valence-electron chi connectivity index (χ1n) is 10.6. The second kappa shape index (κ2) is 9.24. The molecule has 2 aromatic rings. The quantitative estimate of drug-likeness (QED) is 0.760. The van der Waals surface area contributed by atoms with Gasteiger partial charge >= 0.3 is 0 Å².